The highest BCUT2D eigenvalue weighted by Gasteiger charge is 2.51. The summed E-state index contributed by atoms with van der Waals surface area (Å²) in [6.45, 7) is 15.9. The van der Waals surface area contributed by atoms with Crippen LogP contribution in [0.1, 0.15) is 90.3 Å². The molecular weight excluding hydrogens is 872 g/mol. The van der Waals surface area contributed by atoms with E-state index in [9.17, 15) is 19.8 Å². The number of methoxy groups -OCH3 is 3. The van der Waals surface area contributed by atoms with Gasteiger partial charge in [0.25, 0.3) is 5.91 Å². The Morgan fingerprint density at radius 1 is 1.02 bits per heavy atom. The van der Waals surface area contributed by atoms with Gasteiger partial charge in [0.2, 0.25) is 14.1 Å². The number of carbonyl (C=O) groups excluding carboxylic acids is 2. The molecule has 14 nitrogen and oxygen atoms in total. The third-order valence-electron chi connectivity index (χ3n) is 11.9. The van der Waals surface area contributed by atoms with Crippen LogP contribution in [0.4, 0.5) is 0 Å². The number of nitrogens with one attached hydrogen (secondary N) is 1. The fraction of sp³-hybridized carbons (Fsp3) is 0.490. The van der Waals surface area contributed by atoms with Gasteiger partial charge in [0.05, 0.1) is 50.5 Å². The molecule has 7 rings (SSSR count). The summed E-state index contributed by atoms with van der Waals surface area (Å²) in [6.07, 6.45) is -0.819. The largest absolute Gasteiger partial charge is 0.492 e. The van der Waals surface area contributed by atoms with Crippen molar-refractivity contribution in [2.45, 2.75) is 121 Å². The summed E-state index contributed by atoms with van der Waals surface area (Å²) in [7, 11) is 1.67. The Morgan fingerprint density at radius 3 is 2.34 bits per heavy atom. The summed E-state index contributed by atoms with van der Waals surface area (Å²) in [5.74, 6) is 12.0. The molecule has 0 radical (unpaired) electrons. The lowest BCUT2D eigenvalue weighted by molar-refractivity contribution is -0.150. The first-order valence-electron chi connectivity index (χ1n) is 21.7. The second-order valence-electron chi connectivity index (χ2n) is 17.5. The molecule has 5 atom stereocenters. The zero-order valence-electron chi connectivity index (χ0n) is 38.8. The first-order valence-corrected chi connectivity index (χ1v) is 24.2. The van der Waals surface area contributed by atoms with Crippen molar-refractivity contribution in [3.63, 3.8) is 0 Å². The number of hydrogen-bond donors (Lipinski definition) is 3. The van der Waals surface area contributed by atoms with Crippen LogP contribution < -0.4 is 29.0 Å². The second-order valence-corrected chi connectivity index (χ2v) is 23.2. The zero-order valence-corrected chi connectivity index (χ0v) is 40.5. The van der Waals surface area contributed by atoms with Crippen molar-refractivity contribution < 1.29 is 57.4 Å². The van der Waals surface area contributed by atoms with Crippen LogP contribution in [0.5, 0.6) is 28.7 Å². The fourth-order valence-electron chi connectivity index (χ4n) is 8.95. The predicted octanol–water partition coefficient (Wildman–Crippen LogP) is 7.77. The van der Waals surface area contributed by atoms with E-state index in [0.29, 0.717) is 39.2 Å². The predicted molar refractivity (Wildman–Crippen MR) is 248 cm³/mol. The molecule has 3 heterocycles. The van der Waals surface area contributed by atoms with Crippen LogP contribution in [-0.4, -0.2) is 100 Å². The minimum atomic E-state index is -2.77. The monoisotopic (exact) mass is 930 g/mol. The van der Waals surface area contributed by atoms with E-state index in [1.54, 1.807) is 36.4 Å². The molecule has 0 saturated heterocycles. The Labute approximate surface area is 387 Å². The average Bonchev–Trinajstić information content (AvgIpc) is 3.58. The highest BCUT2D eigenvalue weighted by Crippen LogP contribution is 2.47. The maximum atomic E-state index is 14.6. The number of allylic oxidation sites excluding steroid dienone is 1. The van der Waals surface area contributed by atoms with Crippen LogP contribution in [0.25, 0.3) is 10.8 Å². The van der Waals surface area contributed by atoms with Gasteiger partial charge in [-0.2, -0.15) is 0 Å². The van der Waals surface area contributed by atoms with E-state index in [4.69, 9.17) is 49.2 Å². The Bertz CT molecular complexity index is 2460. The Morgan fingerprint density at radius 2 is 1.71 bits per heavy atom. The summed E-state index contributed by atoms with van der Waals surface area (Å²) in [4.78, 5) is 33.4. The smallest absolute Gasteiger partial charge is 0.308 e. The molecule has 65 heavy (non-hydrogen) atoms. The van der Waals surface area contributed by atoms with Gasteiger partial charge >= 0.3 is 5.97 Å². The SMILES string of the molecule is COCOc1cc2cc(OC(C)C)c(OC)c(OC)c2cc1C(=O)N[C@@H]1CC(=O)OC[C@@H](O[Si](C(C)C)(C(C)C)C(C)C)[C@]2(O)C#CC3=C[C@H](Oc4ccc1nc4Cl)[C@@H](O)/C3=C/C#CC2. The molecule has 1 aromatic heterocycles. The maximum Gasteiger partial charge on any atom is 0.308 e. The molecule has 0 unspecified atom stereocenters. The van der Waals surface area contributed by atoms with Gasteiger partial charge < -0.3 is 53.1 Å². The molecule has 2 aliphatic heterocycles. The zero-order chi connectivity index (χ0) is 47.4. The Hall–Kier alpha value is -5.26. The van der Waals surface area contributed by atoms with Crippen molar-refractivity contribution in [1.29, 1.82) is 0 Å². The van der Waals surface area contributed by atoms with Crippen molar-refractivity contribution in [3.05, 3.63) is 70.0 Å². The highest BCUT2D eigenvalue weighted by atomic mass is 35.5. The van der Waals surface area contributed by atoms with E-state index in [1.807, 2.05) is 13.8 Å². The molecule has 5 bridgehead atoms. The van der Waals surface area contributed by atoms with E-state index >= 15 is 0 Å². The van der Waals surface area contributed by atoms with Gasteiger partial charge in [-0.1, -0.05) is 76.8 Å². The number of aromatic nitrogens is 1. The quantitative estimate of drug-likeness (QED) is 0.0471. The number of ether oxygens (including phenoxy) is 7. The molecule has 0 fully saturated rings. The van der Waals surface area contributed by atoms with Gasteiger partial charge in [-0.3, -0.25) is 9.59 Å². The molecule has 1 amide bonds. The molecule has 4 aliphatic rings. The van der Waals surface area contributed by atoms with Gasteiger partial charge in [0.1, 0.15) is 30.7 Å². The number of hydrogen-bond acceptors (Lipinski definition) is 13. The number of pyridine rings is 1. The number of fused-ring (bicyclic) bond motifs is 8. The summed E-state index contributed by atoms with van der Waals surface area (Å²) in [6, 6.07) is 6.98. The minimum Gasteiger partial charge on any atom is -0.492 e. The Balaban J connectivity index is 1.45. The van der Waals surface area contributed by atoms with Crippen molar-refractivity contribution in [3.8, 4) is 52.4 Å². The lowest BCUT2D eigenvalue weighted by Crippen LogP contribution is -2.57. The van der Waals surface area contributed by atoms with E-state index in [2.05, 4.69) is 75.5 Å². The van der Waals surface area contributed by atoms with Crippen molar-refractivity contribution >= 4 is 42.6 Å². The lowest BCUT2D eigenvalue weighted by atomic mass is 9.93. The summed E-state index contributed by atoms with van der Waals surface area (Å²) >= 11 is 6.77. The molecule has 0 saturated carbocycles. The van der Waals surface area contributed by atoms with Crippen LogP contribution >= 0.6 is 11.6 Å². The summed E-state index contributed by atoms with van der Waals surface area (Å²) < 4.78 is 48.2. The highest BCUT2D eigenvalue weighted by molar-refractivity contribution is 6.77. The standard InChI is InChI=1S/C49H59ClN2O12Si/c1-27(2)62-41-22-32-21-39(61-26-57-9)35(23-34(32)45(58-10)46(41)59-11)48(55)52-37-24-43(53)60-25-42(64-65(28(3)4,29(5)6)30(7)8)49(56)18-13-12-14-33-31(17-19-49)20-40(44(33)54)63-38-16-15-36(37)51-47(38)50/h14-16,20-23,27-30,37,40,42,44,54,56H,18,24-26H2,1-11H3,(H,52,55)/b33-14+/t37-,40+,42-,44+,49-/m1/s1. The number of benzene rings is 2. The van der Waals surface area contributed by atoms with E-state index in [0.717, 1.165) is 0 Å². The fourth-order valence-corrected chi connectivity index (χ4v) is 14.7. The molecule has 2 aromatic carbocycles. The Kier molecular flexibility index (Phi) is 15.5. The van der Waals surface area contributed by atoms with Crippen LogP contribution in [0.3, 0.4) is 0 Å². The molecule has 3 N–H and O–H groups in total. The van der Waals surface area contributed by atoms with Crippen molar-refractivity contribution in [2.24, 2.45) is 0 Å². The third-order valence-corrected chi connectivity index (χ3v) is 18.3. The molecule has 16 heteroatoms. The number of halogens is 1. The molecular formula is C49H59ClN2O12Si. The normalized spacial score (nSPS) is 22.7. The first kappa shape index (κ1) is 49.2. The van der Waals surface area contributed by atoms with Gasteiger partial charge in [-0.15, -0.1) is 0 Å². The third kappa shape index (κ3) is 10.3. The van der Waals surface area contributed by atoms with Gasteiger partial charge in [-0.25, -0.2) is 4.98 Å². The number of rotatable bonds is 14. The topological polar surface area (TPSA) is 173 Å². The van der Waals surface area contributed by atoms with E-state index in [1.165, 1.54) is 27.4 Å². The second kappa shape index (κ2) is 20.5. The number of esters is 1. The molecule has 2 aliphatic carbocycles. The summed E-state index contributed by atoms with van der Waals surface area (Å²) in [5, 5.41) is 28.0. The van der Waals surface area contributed by atoms with Crippen molar-refractivity contribution in [2.75, 3.05) is 34.7 Å². The van der Waals surface area contributed by atoms with Crippen molar-refractivity contribution in [1.82, 2.24) is 10.3 Å². The number of aliphatic hydroxyl groups is 2. The molecule has 348 valence electrons. The minimum absolute atomic E-state index is 0.0676. The van der Waals surface area contributed by atoms with Crippen LogP contribution in [0, 0.1) is 23.7 Å². The van der Waals surface area contributed by atoms with Gasteiger partial charge in [0, 0.05) is 23.6 Å². The first-order chi connectivity index (χ1) is 30.9. The molecule has 3 aromatic rings. The van der Waals surface area contributed by atoms with Crippen LogP contribution in [0.2, 0.25) is 21.8 Å². The summed E-state index contributed by atoms with van der Waals surface area (Å²) in [5.41, 5.74) is -0.544. The molecule has 0 spiro atoms. The van der Waals surface area contributed by atoms with E-state index in [-0.39, 0.29) is 63.9 Å². The number of nitrogens with zero attached hydrogens (tertiary/aromatic N) is 1. The van der Waals surface area contributed by atoms with Crippen LogP contribution in [-0.2, 0) is 18.7 Å². The van der Waals surface area contributed by atoms with E-state index < -0.39 is 63.2 Å². The number of carbonyl (C=O) groups is 2. The van der Waals surface area contributed by atoms with Crippen LogP contribution in [0.15, 0.2) is 53.6 Å². The number of amides is 1. The van der Waals surface area contributed by atoms with Gasteiger partial charge in [-0.05, 0) is 78.3 Å². The number of aliphatic hydroxyl groups excluding tert-OH is 1. The van der Waals surface area contributed by atoms with Gasteiger partial charge in [0.15, 0.2) is 34.8 Å². The maximum absolute atomic E-state index is 14.6. The average molecular weight is 932 g/mol. The lowest BCUT2D eigenvalue weighted by Gasteiger charge is -2.46.